The fraction of sp³-hybridized carbons (Fsp3) is 0.278. The highest BCUT2D eigenvalue weighted by molar-refractivity contribution is 6.30. The average Bonchev–Trinajstić information content (AvgIpc) is 2.45. The van der Waals surface area contributed by atoms with Crippen molar-refractivity contribution in [3.63, 3.8) is 0 Å². The summed E-state index contributed by atoms with van der Waals surface area (Å²) in [4.78, 5) is 2.10. The second-order valence-electron chi connectivity index (χ2n) is 5.70. The Morgan fingerprint density at radius 1 is 1.18 bits per heavy atom. The minimum Gasteiger partial charge on any atom is -0.381 e. The van der Waals surface area contributed by atoms with Crippen molar-refractivity contribution in [1.29, 1.82) is 5.41 Å². The first kappa shape index (κ1) is 14.9. The van der Waals surface area contributed by atoms with Gasteiger partial charge >= 0.3 is 0 Å². The smallest absolute Gasteiger partial charge is 0.128 e. The number of nitrogens with one attached hydrogen (secondary N) is 2. The van der Waals surface area contributed by atoms with Gasteiger partial charge in [-0.3, -0.25) is 5.41 Å². The lowest BCUT2D eigenvalue weighted by Crippen LogP contribution is -2.42. The van der Waals surface area contributed by atoms with Gasteiger partial charge in [-0.15, -0.1) is 0 Å². The van der Waals surface area contributed by atoms with Gasteiger partial charge in [-0.2, -0.15) is 0 Å². The van der Waals surface area contributed by atoms with Crippen LogP contribution in [0.15, 0.2) is 42.5 Å². The maximum absolute atomic E-state index is 8.14. The fourth-order valence-electron chi connectivity index (χ4n) is 2.53. The number of aryl methyl sites for hydroxylation is 1. The van der Waals surface area contributed by atoms with Gasteiger partial charge in [-0.25, -0.2) is 0 Å². The SMILES string of the molecule is Cc1cc(Cl)ccc1NCc1ccc(C(=N)N2CCC2)cc1. The minimum atomic E-state index is 0.638. The van der Waals surface area contributed by atoms with Gasteiger partial charge in [0, 0.05) is 35.9 Å². The summed E-state index contributed by atoms with van der Waals surface area (Å²) in [6, 6.07) is 14.1. The Morgan fingerprint density at radius 3 is 2.50 bits per heavy atom. The molecule has 0 unspecified atom stereocenters. The van der Waals surface area contributed by atoms with E-state index in [1.165, 1.54) is 12.0 Å². The molecule has 22 heavy (non-hydrogen) atoms. The Bertz CT molecular complexity index is 675. The molecule has 0 atom stereocenters. The van der Waals surface area contributed by atoms with Crippen molar-refractivity contribution < 1.29 is 0 Å². The molecule has 1 heterocycles. The summed E-state index contributed by atoms with van der Waals surface area (Å²) in [5.74, 6) is 0.638. The predicted molar refractivity (Wildman–Crippen MR) is 93.0 cm³/mol. The number of anilines is 1. The molecular weight excluding hydrogens is 294 g/mol. The van der Waals surface area contributed by atoms with E-state index >= 15 is 0 Å². The van der Waals surface area contributed by atoms with Gasteiger partial charge in [0.05, 0.1) is 0 Å². The van der Waals surface area contributed by atoms with E-state index in [4.69, 9.17) is 17.0 Å². The van der Waals surface area contributed by atoms with Crippen LogP contribution in [-0.2, 0) is 6.54 Å². The Morgan fingerprint density at radius 2 is 1.91 bits per heavy atom. The van der Waals surface area contributed by atoms with Gasteiger partial charge in [0.2, 0.25) is 0 Å². The Hall–Kier alpha value is -2.00. The number of amidine groups is 1. The molecule has 0 amide bonds. The Kier molecular flexibility index (Phi) is 4.34. The number of nitrogens with zero attached hydrogens (tertiary/aromatic N) is 1. The topological polar surface area (TPSA) is 39.1 Å². The summed E-state index contributed by atoms with van der Waals surface area (Å²) in [5.41, 5.74) is 4.44. The van der Waals surface area contributed by atoms with Crippen LogP contribution in [0.3, 0.4) is 0 Å². The highest BCUT2D eigenvalue weighted by atomic mass is 35.5. The van der Waals surface area contributed by atoms with Crippen LogP contribution >= 0.6 is 11.6 Å². The molecule has 3 rings (SSSR count). The Balaban J connectivity index is 1.62. The largest absolute Gasteiger partial charge is 0.381 e. The van der Waals surface area contributed by atoms with E-state index in [0.717, 1.165) is 41.5 Å². The first-order valence-electron chi connectivity index (χ1n) is 7.56. The lowest BCUT2D eigenvalue weighted by atomic mass is 10.1. The van der Waals surface area contributed by atoms with Gasteiger partial charge in [0.25, 0.3) is 0 Å². The molecule has 0 aliphatic carbocycles. The monoisotopic (exact) mass is 313 g/mol. The zero-order valence-corrected chi connectivity index (χ0v) is 13.5. The van der Waals surface area contributed by atoms with Crippen LogP contribution < -0.4 is 5.32 Å². The molecule has 2 aromatic rings. The lowest BCUT2D eigenvalue weighted by Gasteiger charge is -2.33. The molecule has 1 aliphatic rings. The number of rotatable bonds is 4. The van der Waals surface area contributed by atoms with Crippen molar-refractivity contribution >= 4 is 23.1 Å². The summed E-state index contributed by atoms with van der Waals surface area (Å²) in [6.45, 7) is 4.83. The predicted octanol–water partition coefficient (Wildman–Crippen LogP) is 4.29. The molecule has 4 heteroatoms. The Labute approximate surface area is 136 Å². The molecule has 2 aromatic carbocycles. The first-order chi connectivity index (χ1) is 10.6. The lowest BCUT2D eigenvalue weighted by molar-refractivity contribution is 0.299. The van der Waals surface area contributed by atoms with Crippen molar-refractivity contribution in [2.45, 2.75) is 19.9 Å². The summed E-state index contributed by atoms with van der Waals surface area (Å²) < 4.78 is 0. The number of halogens is 1. The van der Waals surface area contributed by atoms with Crippen LogP contribution in [0.1, 0.15) is 23.1 Å². The van der Waals surface area contributed by atoms with E-state index in [2.05, 4.69) is 22.3 Å². The van der Waals surface area contributed by atoms with Gasteiger partial charge in [-0.1, -0.05) is 35.9 Å². The van der Waals surface area contributed by atoms with Crippen molar-refractivity contribution in [2.24, 2.45) is 0 Å². The molecule has 3 nitrogen and oxygen atoms in total. The zero-order chi connectivity index (χ0) is 15.5. The van der Waals surface area contributed by atoms with Crippen molar-refractivity contribution in [3.8, 4) is 0 Å². The van der Waals surface area contributed by atoms with E-state index in [9.17, 15) is 0 Å². The molecule has 1 saturated heterocycles. The summed E-state index contributed by atoms with van der Waals surface area (Å²) in [6.07, 6.45) is 1.20. The summed E-state index contributed by atoms with van der Waals surface area (Å²) in [5, 5.41) is 12.3. The van der Waals surface area contributed by atoms with Crippen LogP contribution in [0.4, 0.5) is 5.69 Å². The molecule has 114 valence electrons. The molecule has 0 saturated carbocycles. The van der Waals surface area contributed by atoms with Crippen LogP contribution in [0.25, 0.3) is 0 Å². The van der Waals surface area contributed by atoms with E-state index in [1.54, 1.807) is 0 Å². The summed E-state index contributed by atoms with van der Waals surface area (Å²) >= 11 is 5.97. The van der Waals surface area contributed by atoms with Crippen LogP contribution in [0, 0.1) is 12.3 Å². The standard InChI is InChI=1S/C18H20ClN3/c1-13-11-16(19)7-8-17(13)21-12-14-3-5-15(6-4-14)18(20)22-9-2-10-22/h3-8,11,20-21H,2,9-10,12H2,1H3. The van der Waals surface area contributed by atoms with Crippen LogP contribution in [0.2, 0.25) is 5.02 Å². The second-order valence-corrected chi connectivity index (χ2v) is 6.14. The van der Waals surface area contributed by atoms with Gasteiger partial charge in [-0.05, 0) is 42.7 Å². The molecular formula is C18H20ClN3. The van der Waals surface area contributed by atoms with E-state index in [0.29, 0.717) is 5.84 Å². The van der Waals surface area contributed by atoms with Gasteiger partial charge in [0.15, 0.2) is 0 Å². The van der Waals surface area contributed by atoms with E-state index in [1.807, 2.05) is 37.3 Å². The van der Waals surface area contributed by atoms with Gasteiger partial charge < -0.3 is 10.2 Å². The molecule has 0 aromatic heterocycles. The van der Waals surface area contributed by atoms with Gasteiger partial charge in [0.1, 0.15) is 5.84 Å². The number of likely N-dealkylation sites (tertiary alicyclic amines) is 1. The fourth-order valence-corrected chi connectivity index (χ4v) is 2.75. The third kappa shape index (κ3) is 3.25. The van der Waals surface area contributed by atoms with E-state index in [-0.39, 0.29) is 0 Å². The number of hydrogen-bond donors (Lipinski definition) is 2. The third-order valence-corrected chi connectivity index (χ3v) is 4.31. The molecule has 0 bridgehead atoms. The maximum Gasteiger partial charge on any atom is 0.128 e. The highest BCUT2D eigenvalue weighted by Crippen LogP contribution is 2.20. The van der Waals surface area contributed by atoms with Crippen molar-refractivity contribution in [2.75, 3.05) is 18.4 Å². The number of benzene rings is 2. The highest BCUT2D eigenvalue weighted by Gasteiger charge is 2.17. The average molecular weight is 314 g/mol. The molecule has 0 radical (unpaired) electrons. The maximum atomic E-state index is 8.14. The molecule has 1 fully saturated rings. The van der Waals surface area contributed by atoms with E-state index < -0.39 is 0 Å². The quantitative estimate of drug-likeness (QED) is 0.653. The minimum absolute atomic E-state index is 0.638. The van der Waals surface area contributed by atoms with Crippen molar-refractivity contribution in [1.82, 2.24) is 4.90 Å². The summed E-state index contributed by atoms with van der Waals surface area (Å²) in [7, 11) is 0. The molecule has 0 spiro atoms. The van der Waals surface area contributed by atoms with Crippen molar-refractivity contribution in [3.05, 3.63) is 64.2 Å². The number of hydrogen-bond acceptors (Lipinski definition) is 2. The van der Waals surface area contributed by atoms with Crippen LogP contribution in [-0.4, -0.2) is 23.8 Å². The second kappa shape index (κ2) is 6.41. The molecule has 1 aliphatic heterocycles. The zero-order valence-electron chi connectivity index (χ0n) is 12.7. The van der Waals surface area contributed by atoms with Crippen LogP contribution in [0.5, 0.6) is 0 Å². The third-order valence-electron chi connectivity index (χ3n) is 4.07. The normalized spacial score (nSPS) is 13.6. The molecule has 2 N–H and O–H groups in total. The first-order valence-corrected chi connectivity index (χ1v) is 7.94.